The maximum atomic E-state index is 12.7. The second-order valence-electron chi connectivity index (χ2n) is 6.55. The number of amides is 1. The Balaban J connectivity index is 1.71. The second-order valence-corrected chi connectivity index (χ2v) is 6.55. The highest BCUT2D eigenvalue weighted by Gasteiger charge is 2.11. The number of carbonyl (C=O) groups excluding carboxylic acids is 1. The van der Waals surface area contributed by atoms with E-state index < -0.39 is 5.91 Å². The van der Waals surface area contributed by atoms with Crippen LogP contribution >= 0.6 is 0 Å². The van der Waals surface area contributed by atoms with Crippen LogP contribution in [0.2, 0.25) is 0 Å². The third-order valence-electron chi connectivity index (χ3n) is 4.25. The standard InChI is InChI=1S/C23H23N3O3/c1-3-29-20-10-5-8-18(14-20)15-24-25-22(27)21-11-6-12-26(23(21)28)16-19-9-4-7-17(2)13-19/h4-15H,3,16H2,1-2H3,(H,25,27)/b24-15-. The van der Waals surface area contributed by atoms with Crippen LogP contribution in [0, 0.1) is 6.92 Å². The first-order chi connectivity index (χ1) is 14.1. The van der Waals surface area contributed by atoms with E-state index in [2.05, 4.69) is 10.5 Å². The van der Waals surface area contributed by atoms with Crippen molar-refractivity contribution in [2.24, 2.45) is 5.10 Å². The molecule has 3 aromatic rings. The SMILES string of the molecule is CCOc1cccc(/C=N\NC(=O)c2cccn(Cc3cccc(C)c3)c2=O)c1. The van der Waals surface area contributed by atoms with Crippen molar-refractivity contribution in [3.05, 3.63) is 99.5 Å². The molecule has 0 aliphatic rings. The molecule has 0 aliphatic heterocycles. The van der Waals surface area contributed by atoms with Crippen LogP contribution in [0.1, 0.15) is 34.0 Å². The van der Waals surface area contributed by atoms with Crippen molar-refractivity contribution in [3.63, 3.8) is 0 Å². The molecule has 0 saturated carbocycles. The molecule has 0 atom stereocenters. The van der Waals surface area contributed by atoms with Crippen LogP contribution in [0.15, 0.2) is 76.8 Å². The van der Waals surface area contributed by atoms with E-state index in [0.29, 0.717) is 13.2 Å². The molecule has 0 unspecified atom stereocenters. The number of aromatic nitrogens is 1. The Bertz CT molecular complexity index is 1090. The Kier molecular flexibility index (Phi) is 6.58. The number of hydrazone groups is 1. The van der Waals surface area contributed by atoms with E-state index in [0.717, 1.165) is 22.4 Å². The van der Waals surface area contributed by atoms with Crippen LogP contribution in [0.4, 0.5) is 0 Å². The van der Waals surface area contributed by atoms with E-state index >= 15 is 0 Å². The fraction of sp³-hybridized carbons (Fsp3) is 0.174. The Labute approximate surface area is 169 Å². The lowest BCUT2D eigenvalue weighted by Crippen LogP contribution is -2.30. The smallest absolute Gasteiger partial charge is 0.276 e. The summed E-state index contributed by atoms with van der Waals surface area (Å²) >= 11 is 0. The lowest BCUT2D eigenvalue weighted by molar-refractivity contribution is 0.0953. The Morgan fingerprint density at radius 1 is 1.14 bits per heavy atom. The van der Waals surface area contributed by atoms with Crippen molar-refractivity contribution in [1.82, 2.24) is 9.99 Å². The topological polar surface area (TPSA) is 72.7 Å². The summed E-state index contributed by atoms with van der Waals surface area (Å²) in [5.41, 5.74) is 4.99. The molecule has 6 nitrogen and oxygen atoms in total. The first kappa shape index (κ1) is 20.1. The van der Waals surface area contributed by atoms with Gasteiger partial charge in [0.15, 0.2) is 0 Å². The predicted molar refractivity (Wildman–Crippen MR) is 114 cm³/mol. The van der Waals surface area contributed by atoms with E-state index in [4.69, 9.17) is 4.74 Å². The number of aryl methyl sites for hydroxylation is 1. The molecule has 0 spiro atoms. The summed E-state index contributed by atoms with van der Waals surface area (Å²) in [6.07, 6.45) is 3.18. The zero-order valence-corrected chi connectivity index (χ0v) is 16.5. The van der Waals surface area contributed by atoms with Crippen LogP contribution in [-0.2, 0) is 6.54 Å². The van der Waals surface area contributed by atoms with Gasteiger partial charge in [-0.3, -0.25) is 9.59 Å². The van der Waals surface area contributed by atoms with Gasteiger partial charge < -0.3 is 9.30 Å². The van der Waals surface area contributed by atoms with Gasteiger partial charge in [-0.15, -0.1) is 0 Å². The number of ether oxygens (including phenoxy) is 1. The van der Waals surface area contributed by atoms with Crippen LogP contribution in [0.3, 0.4) is 0 Å². The van der Waals surface area contributed by atoms with Gasteiger partial charge in [-0.25, -0.2) is 5.43 Å². The average Bonchev–Trinajstić information content (AvgIpc) is 2.70. The van der Waals surface area contributed by atoms with Crippen molar-refractivity contribution >= 4 is 12.1 Å². The maximum Gasteiger partial charge on any atom is 0.276 e. The molecular formula is C23H23N3O3. The number of hydrogen-bond acceptors (Lipinski definition) is 4. The molecule has 0 saturated heterocycles. The third kappa shape index (κ3) is 5.42. The van der Waals surface area contributed by atoms with E-state index in [9.17, 15) is 9.59 Å². The molecule has 29 heavy (non-hydrogen) atoms. The predicted octanol–water partition coefficient (Wildman–Crippen LogP) is 3.37. The van der Waals surface area contributed by atoms with Gasteiger partial charge in [-0.1, -0.05) is 42.0 Å². The van der Waals surface area contributed by atoms with Crippen molar-refractivity contribution < 1.29 is 9.53 Å². The van der Waals surface area contributed by atoms with Gasteiger partial charge in [0.05, 0.1) is 19.4 Å². The Morgan fingerprint density at radius 2 is 1.97 bits per heavy atom. The normalized spacial score (nSPS) is 10.8. The summed E-state index contributed by atoms with van der Waals surface area (Å²) in [5.74, 6) is 0.177. The molecule has 2 aromatic carbocycles. The molecule has 3 rings (SSSR count). The molecule has 1 N–H and O–H groups in total. The van der Waals surface area contributed by atoms with Gasteiger partial charge in [0.1, 0.15) is 11.3 Å². The fourth-order valence-electron chi connectivity index (χ4n) is 2.92. The molecule has 1 amide bonds. The van der Waals surface area contributed by atoms with E-state index in [1.165, 1.54) is 16.8 Å². The molecule has 0 radical (unpaired) electrons. The first-order valence-electron chi connectivity index (χ1n) is 9.38. The molecule has 0 fully saturated rings. The number of rotatable bonds is 7. The molecule has 6 heteroatoms. The minimum absolute atomic E-state index is 0.0420. The largest absolute Gasteiger partial charge is 0.494 e. The number of carbonyl (C=O) groups is 1. The lowest BCUT2D eigenvalue weighted by atomic mass is 10.1. The molecule has 1 aromatic heterocycles. The molecular weight excluding hydrogens is 366 g/mol. The molecule has 1 heterocycles. The van der Waals surface area contributed by atoms with E-state index in [1.54, 1.807) is 12.3 Å². The molecule has 0 aliphatic carbocycles. The highest BCUT2D eigenvalue weighted by Crippen LogP contribution is 2.11. The summed E-state index contributed by atoms with van der Waals surface area (Å²) in [5, 5.41) is 3.96. The number of nitrogens with zero attached hydrogens (tertiary/aromatic N) is 2. The minimum Gasteiger partial charge on any atom is -0.494 e. The fourth-order valence-corrected chi connectivity index (χ4v) is 2.92. The van der Waals surface area contributed by atoms with E-state index in [1.807, 2.05) is 62.4 Å². The summed E-state index contributed by atoms with van der Waals surface area (Å²) in [7, 11) is 0. The highest BCUT2D eigenvalue weighted by atomic mass is 16.5. The van der Waals surface area contributed by atoms with Crippen LogP contribution in [0.25, 0.3) is 0 Å². The first-order valence-corrected chi connectivity index (χ1v) is 9.38. The zero-order valence-electron chi connectivity index (χ0n) is 16.5. The summed E-state index contributed by atoms with van der Waals surface area (Å²) in [6, 6.07) is 18.4. The van der Waals surface area contributed by atoms with Gasteiger partial charge >= 0.3 is 0 Å². The highest BCUT2D eigenvalue weighted by molar-refractivity contribution is 5.94. The molecule has 148 valence electrons. The van der Waals surface area contributed by atoms with Crippen molar-refractivity contribution in [2.75, 3.05) is 6.61 Å². The van der Waals surface area contributed by atoms with Gasteiger partial charge in [-0.05, 0) is 49.2 Å². The Morgan fingerprint density at radius 3 is 2.76 bits per heavy atom. The minimum atomic E-state index is -0.550. The molecule has 0 bridgehead atoms. The zero-order chi connectivity index (χ0) is 20.6. The van der Waals surface area contributed by atoms with Gasteiger partial charge in [0, 0.05) is 6.20 Å². The van der Waals surface area contributed by atoms with Gasteiger partial charge in [0.25, 0.3) is 11.5 Å². The summed E-state index contributed by atoms with van der Waals surface area (Å²) < 4.78 is 6.95. The number of hydrogen-bond donors (Lipinski definition) is 1. The summed E-state index contributed by atoms with van der Waals surface area (Å²) in [6.45, 7) is 4.88. The lowest BCUT2D eigenvalue weighted by Gasteiger charge is -2.08. The summed E-state index contributed by atoms with van der Waals surface area (Å²) in [4.78, 5) is 25.1. The van der Waals surface area contributed by atoms with Crippen LogP contribution < -0.4 is 15.7 Å². The van der Waals surface area contributed by atoms with Crippen molar-refractivity contribution in [2.45, 2.75) is 20.4 Å². The van der Waals surface area contributed by atoms with Gasteiger partial charge in [0.2, 0.25) is 0 Å². The number of nitrogens with one attached hydrogen (secondary N) is 1. The Hall–Kier alpha value is -3.67. The van der Waals surface area contributed by atoms with Crippen molar-refractivity contribution in [1.29, 1.82) is 0 Å². The van der Waals surface area contributed by atoms with Gasteiger partial charge in [-0.2, -0.15) is 5.10 Å². The second kappa shape index (κ2) is 9.50. The quantitative estimate of drug-likeness (QED) is 0.497. The number of benzene rings is 2. The van der Waals surface area contributed by atoms with E-state index in [-0.39, 0.29) is 11.1 Å². The van der Waals surface area contributed by atoms with Crippen molar-refractivity contribution in [3.8, 4) is 5.75 Å². The van der Waals surface area contributed by atoms with Crippen LogP contribution in [-0.4, -0.2) is 23.3 Å². The maximum absolute atomic E-state index is 12.7. The third-order valence-corrected chi connectivity index (χ3v) is 4.25. The average molecular weight is 389 g/mol. The monoisotopic (exact) mass is 389 g/mol. The van der Waals surface area contributed by atoms with Crippen LogP contribution in [0.5, 0.6) is 5.75 Å². The number of pyridine rings is 1.